The molecule has 0 atom stereocenters. The Labute approximate surface area is 68.8 Å². The van der Waals surface area contributed by atoms with Crippen molar-refractivity contribution >= 4 is 5.78 Å². The Morgan fingerprint density at radius 1 is 1.27 bits per heavy atom. The zero-order chi connectivity index (χ0) is 8.69. The number of carbonyl (C=O) groups is 1. The van der Waals surface area contributed by atoms with Gasteiger partial charge in [-0.15, -0.1) is 0 Å². The van der Waals surface area contributed by atoms with E-state index in [-0.39, 0.29) is 5.78 Å². The number of rotatable bonds is 4. The summed E-state index contributed by atoms with van der Waals surface area (Å²) in [6, 6.07) is 0. The molecule has 0 aliphatic carbocycles. The molecule has 0 aliphatic heterocycles. The van der Waals surface area contributed by atoms with Crippen LogP contribution in [0.15, 0.2) is 23.8 Å². The fourth-order valence-electron chi connectivity index (χ4n) is 0.555. The minimum atomic E-state index is 0.185. The average Bonchev–Trinajstić information content (AvgIpc) is 2.04. The summed E-state index contributed by atoms with van der Waals surface area (Å²) in [7, 11) is 0. The molecule has 0 N–H and O–H groups in total. The van der Waals surface area contributed by atoms with Gasteiger partial charge >= 0.3 is 0 Å². The van der Waals surface area contributed by atoms with Gasteiger partial charge in [-0.05, 0) is 19.4 Å². The molecule has 0 heterocycles. The van der Waals surface area contributed by atoms with Crippen molar-refractivity contribution in [2.24, 2.45) is 0 Å². The van der Waals surface area contributed by atoms with Gasteiger partial charge < -0.3 is 0 Å². The highest BCUT2D eigenvalue weighted by molar-refractivity contribution is 5.89. The second kappa shape index (κ2) is 5.90. The van der Waals surface area contributed by atoms with Crippen molar-refractivity contribution in [2.75, 3.05) is 0 Å². The van der Waals surface area contributed by atoms with Crippen LogP contribution in [0.5, 0.6) is 0 Å². The zero-order valence-corrected chi connectivity index (χ0v) is 7.55. The Morgan fingerprint density at radius 2 is 1.91 bits per heavy atom. The molecule has 0 aromatic carbocycles. The monoisotopic (exact) mass is 152 g/mol. The quantitative estimate of drug-likeness (QED) is 0.447. The molecule has 0 fully saturated rings. The van der Waals surface area contributed by atoms with E-state index in [1.165, 1.54) is 5.57 Å². The van der Waals surface area contributed by atoms with Gasteiger partial charge in [-0.1, -0.05) is 31.6 Å². The lowest BCUT2D eigenvalue weighted by molar-refractivity contribution is -0.114. The lowest BCUT2D eigenvalue weighted by Gasteiger charge is -1.88. The van der Waals surface area contributed by atoms with E-state index in [9.17, 15) is 4.79 Å². The van der Waals surface area contributed by atoms with E-state index in [0.717, 1.165) is 6.42 Å². The molecule has 0 aromatic heterocycles. The zero-order valence-electron chi connectivity index (χ0n) is 7.55. The highest BCUT2D eigenvalue weighted by Crippen LogP contribution is 1.97. The number of hydrogen-bond donors (Lipinski definition) is 0. The van der Waals surface area contributed by atoms with Crippen LogP contribution in [0.25, 0.3) is 0 Å². The van der Waals surface area contributed by atoms with E-state index in [2.05, 4.69) is 13.8 Å². The van der Waals surface area contributed by atoms with Crippen LogP contribution in [0, 0.1) is 0 Å². The fraction of sp³-hybridized carbons (Fsp3) is 0.500. The van der Waals surface area contributed by atoms with Crippen molar-refractivity contribution in [1.82, 2.24) is 0 Å². The Balaban J connectivity index is 3.85. The summed E-state index contributed by atoms with van der Waals surface area (Å²) in [6.45, 7) is 6.02. The molecule has 0 saturated carbocycles. The van der Waals surface area contributed by atoms with Gasteiger partial charge in [0.25, 0.3) is 0 Å². The minimum Gasteiger partial charge on any atom is -0.295 e. The van der Waals surface area contributed by atoms with Gasteiger partial charge in [0.15, 0.2) is 5.78 Å². The molecule has 0 bridgehead atoms. The first-order valence-electron chi connectivity index (χ1n) is 4.07. The van der Waals surface area contributed by atoms with Crippen molar-refractivity contribution in [3.63, 3.8) is 0 Å². The van der Waals surface area contributed by atoms with E-state index in [1.54, 1.807) is 6.08 Å². The number of carbonyl (C=O) groups excluding carboxylic acids is 1. The lowest BCUT2D eigenvalue weighted by Crippen LogP contribution is -1.85. The van der Waals surface area contributed by atoms with E-state index in [0.29, 0.717) is 6.42 Å². The van der Waals surface area contributed by atoms with Gasteiger partial charge in [0, 0.05) is 6.42 Å². The van der Waals surface area contributed by atoms with Gasteiger partial charge in [-0.2, -0.15) is 0 Å². The molecule has 0 amide bonds. The second-order valence-corrected chi connectivity index (χ2v) is 2.55. The first-order valence-corrected chi connectivity index (χ1v) is 4.07. The molecule has 62 valence electrons. The summed E-state index contributed by atoms with van der Waals surface area (Å²) in [5.74, 6) is 0.185. The highest BCUT2D eigenvalue weighted by atomic mass is 16.1. The van der Waals surface area contributed by atoms with Gasteiger partial charge in [-0.25, -0.2) is 0 Å². The van der Waals surface area contributed by atoms with Crippen LogP contribution in [0.1, 0.15) is 33.6 Å². The topological polar surface area (TPSA) is 17.1 Å². The molecule has 0 unspecified atom stereocenters. The summed E-state index contributed by atoms with van der Waals surface area (Å²) in [6.07, 6.45) is 7.07. The standard InChI is InChI=1S/C10H16O/c1-4-9(3)7-6-8-10(11)5-2/h6-8H,4-5H2,1-3H3. The summed E-state index contributed by atoms with van der Waals surface area (Å²) >= 11 is 0. The molecule has 1 heteroatoms. The molecule has 0 spiro atoms. The van der Waals surface area contributed by atoms with E-state index in [4.69, 9.17) is 0 Å². The number of allylic oxidation sites excluding steroid dienone is 4. The smallest absolute Gasteiger partial charge is 0.155 e. The molecule has 11 heavy (non-hydrogen) atoms. The fourth-order valence-corrected chi connectivity index (χ4v) is 0.555. The molecule has 0 radical (unpaired) electrons. The van der Waals surface area contributed by atoms with E-state index >= 15 is 0 Å². The van der Waals surface area contributed by atoms with Crippen LogP contribution in [0.4, 0.5) is 0 Å². The van der Waals surface area contributed by atoms with Crippen LogP contribution in [0.2, 0.25) is 0 Å². The van der Waals surface area contributed by atoms with E-state index < -0.39 is 0 Å². The van der Waals surface area contributed by atoms with Gasteiger partial charge in [-0.3, -0.25) is 4.79 Å². The summed E-state index contributed by atoms with van der Waals surface area (Å²) < 4.78 is 0. The van der Waals surface area contributed by atoms with Crippen LogP contribution in [-0.2, 0) is 4.79 Å². The van der Waals surface area contributed by atoms with Crippen molar-refractivity contribution in [1.29, 1.82) is 0 Å². The highest BCUT2D eigenvalue weighted by Gasteiger charge is 1.86. The largest absolute Gasteiger partial charge is 0.295 e. The van der Waals surface area contributed by atoms with Gasteiger partial charge in [0.05, 0.1) is 0 Å². The molecular weight excluding hydrogens is 136 g/mol. The second-order valence-electron chi connectivity index (χ2n) is 2.55. The molecule has 0 saturated heterocycles. The van der Waals surface area contributed by atoms with Crippen molar-refractivity contribution in [2.45, 2.75) is 33.6 Å². The van der Waals surface area contributed by atoms with Crippen LogP contribution < -0.4 is 0 Å². The molecular formula is C10H16O. The third-order valence-corrected chi connectivity index (χ3v) is 1.57. The normalized spacial score (nSPS) is 12.5. The first-order chi connectivity index (χ1) is 5.20. The van der Waals surface area contributed by atoms with Crippen LogP contribution in [-0.4, -0.2) is 5.78 Å². The summed E-state index contributed by atoms with van der Waals surface area (Å²) in [5.41, 5.74) is 1.30. The molecule has 0 aromatic rings. The minimum absolute atomic E-state index is 0.185. The SMILES string of the molecule is CCC(=O)C=CC=C(C)CC. The Bertz CT molecular complexity index is 175. The average molecular weight is 152 g/mol. The Morgan fingerprint density at radius 3 is 2.36 bits per heavy atom. The van der Waals surface area contributed by atoms with Crippen LogP contribution >= 0.6 is 0 Å². The molecule has 0 aliphatic rings. The van der Waals surface area contributed by atoms with Gasteiger partial charge in [0.2, 0.25) is 0 Å². The van der Waals surface area contributed by atoms with Crippen molar-refractivity contribution in [3.8, 4) is 0 Å². The van der Waals surface area contributed by atoms with Crippen molar-refractivity contribution in [3.05, 3.63) is 23.8 Å². The predicted octanol–water partition coefficient (Wildman–Crippen LogP) is 2.88. The van der Waals surface area contributed by atoms with Gasteiger partial charge in [0.1, 0.15) is 0 Å². The van der Waals surface area contributed by atoms with Crippen LogP contribution in [0.3, 0.4) is 0 Å². The number of hydrogen-bond acceptors (Lipinski definition) is 1. The lowest BCUT2D eigenvalue weighted by atomic mass is 10.2. The maximum atomic E-state index is 10.8. The number of ketones is 1. The maximum Gasteiger partial charge on any atom is 0.155 e. The third kappa shape index (κ3) is 5.59. The van der Waals surface area contributed by atoms with E-state index in [1.807, 2.05) is 19.1 Å². The summed E-state index contributed by atoms with van der Waals surface area (Å²) in [4.78, 5) is 10.8. The third-order valence-electron chi connectivity index (χ3n) is 1.57. The molecule has 1 nitrogen and oxygen atoms in total. The molecule has 0 rings (SSSR count). The first kappa shape index (κ1) is 10.2. The summed E-state index contributed by atoms with van der Waals surface area (Å²) in [5, 5.41) is 0. The maximum absolute atomic E-state index is 10.8. The predicted molar refractivity (Wildman–Crippen MR) is 48.5 cm³/mol. The Kier molecular flexibility index (Phi) is 5.44. The Hall–Kier alpha value is -0.850. The van der Waals surface area contributed by atoms with Crippen molar-refractivity contribution < 1.29 is 4.79 Å².